The van der Waals surface area contributed by atoms with E-state index >= 15 is 0 Å². The fourth-order valence-electron chi connectivity index (χ4n) is 3.60. The predicted molar refractivity (Wildman–Crippen MR) is 134 cm³/mol. The van der Waals surface area contributed by atoms with E-state index in [1.165, 1.54) is 30.5 Å². The summed E-state index contributed by atoms with van der Waals surface area (Å²) >= 11 is 5.85. The highest BCUT2D eigenvalue weighted by Gasteiger charge is 2.11. The smallest absolute Gasteiger partial charge is 0.271 e. The summed E-state index contributed by atoms with van der Waals surface area (Å²) in [7, 11) is 0. The fourth-order valence-corrected chi connectivity index (χ4v) is 3.78. The van der Waals surface area contributed by atoms with Crippen molar-refractivity contribution in [2.24, 2.45) is 5.10 Å². The largest absolute Gasteiger partial charge is 0.506 e. The Balaban J connectivity index is 1.46. The molecule has 35 heavy (non-hydrogen) atoms. The van der Waals surface area contributed by atoms with Crippen molar-refractivity contribution in [3.63, 3.8) is 0 Å². The maximum Gasteiger partial charge on any atom is 0.271 e. The molecule has 0 atom stereocenters. The first-order valence-electron chi connectivity index (χ1n) is 10.7. The number of halogens is 2. The van der Waals surface area contributed by atoms with Crippen LogP contribution in [0, 0.1) is 5.82 Å². The summed E-state index contributed by atoms with van der Waals surface area (Å²) in [4.78, 5) is 24.8. The van der Waals surface area contributed by atoms with E-state index in [0.29, 0.717) is 5.56 Å². The van der Waals surface area contributed by atoms with Crippen molar-refractivity contribution in [1.82, 2.24) is 10.7 Å². The second-order valence-corrected chi connectivity index (χ2v) is 8.18. The second-order valence-electron chi connectivity index (χ2n) is 7.77. The lowest BCUT2D eigenvalue weighted by atomic mass is 9.98. The van der Waals surface area contributed by atoms with Crippen LogP contribution in [0.4, 0.5) is 4.39 Å². The quantitative estimate of drug-likeness (QED) is 0.253. The number of hydrogen-bond donors (Lipinski definition) is 3. The summed E-state index contributed by atoms with van der Waals surface area (Å²) in [6.07, 6.45) is 1.65. The molecule has 4 aromatic carbocycles. The van der Waals surface area contributed by atoms with Gasteiger partial charge in [-0.05, 0) is 40.6 Å². The predicted octanol–water partition coefficient (Wildman–Crippen LogP) is 4.96. The Labute approximate surface area is 206 Å². The van der Waals surface area contributed by atoms with Gasteiger partial charge in [0.1, 0.15) is 11.6 Å². The molecule has 0 heterocycles. The van der Waals surface area contributed by atoms with Crippen LogP contribution in [0.5, 0.6) is 5.75 Å². The molecule has 0 fully saturated rings. The third-order valence-electron chi connectivity index (χ3n) is 5.41. The lowest BCUT2D eigenvalue weighted by molar-refractivity contribution is -0.120. The van der Waals surface area contributed by atoms with Gasteiger partial charge in [0.05, 0.1) is 17.7 Å². The number of phenolic OH excluding ortho intramolecular Hbond substituents is 1. The number of amides is 2. The van der Waals surface area contributed by atoms with Crippen LogP contribution in [0.15, 0.2) is 84.0 Å². The van der Waals surface area contributed by atoms with Crippen molar-refractivity contribution >= 4 is 40.4 Å². The number of aromatic hydroxyl groups is 1. The van der Waals surface area contributed by atoms with E-state index in [-0.39, 0.29) is 41.0 Å². The van der Waals surface area contributed by atoms with Crippen LogP contribution in [0.25, 0.3) is 10.8 Å². The van der Waals surface area contributed by atoms with Gasteiger partial charge in [0.25, 0.3) is 5.91 Å². The Kier molecular flexibility index (Phi) is 7.38. The van der Waals surface area contributed by atoms with E-state index in [2.05, 4.69) is 15.8 Å². The molecule has 0 unspecified atom stereocenters. The van der Waals surface area contributed by atoms with E-state index in [0.717, 1.165) is 21.9 Å². The van der Waals surface area contributed by atoms with Gasteiger partial charge < -0.3 is 10.4 Å². The highest BCUT2D eigenvalue weighted by atomic mass is 35.5. The molecule has 0 aliphatic rings. The first-order chi connectivity index (χ1) is 16.9. The minimum atomic E-state index is -0.476. The Morgan fingerprint density at radius 2 is 1.69 bits per heavy atom. The lowest BCUT2D eigenvalue weighted by Crippen LogP contribution is -2.25. The Morgan fingerprint density at radius 3 is 2.46 bits per heavy atom. The zero-order chi connectivity index (χ0) is 24.8. The van der Waals surface area contributed by atoms with Gasteiger partial charge in [0.15, 0.2) is 0 Å². The molecule has 4 aromatic rings. The molecular formula is C27H21ClFN3O3. The van der Waals surface area contributed by atoms with Crippen molar-refractivity contribution < 1.29 is 19.1 Å². The normalized spacial score (nSPS) is 11.0. The summed E-state index contributed by atoms with van der Waals surface area (Å²) in [5.74, 6) is -1.17. The number of phenols is 1. The van der Waals surface area contributed by atoms with Gasteiger partial charge in [-0.3, -0.25) is 9.59 Å². The molecule has 4 rings (SSSR count). The van der Waals surface area contributed by atoms with Crippen molar-refractivity contribution in [3.8, 4) is 5.75 Å². The molecule has 0 bridgehead atoms. The van der Waals surface area contributed by atoms with Crippen molar-refractivity contribution in [3.05, 3.63) is 112 Å². The summed E-state index contributed by atoms with van der Waals surface area (Å²) in [5.41, 5.74) is 4.68. The average molecular weight is 490 g/mol. The number of carbonyl (C=O) groups is 2. The molecule has 0 saturated heterocycles. The average Bonchev–Trinajstić information content (AvgIpc) is 2.86. The SMILES string of the molecule is O=C(Cc1ccc(/C=N/NC(=O)c2ccc(O)c(Cl)c2)c2ccccc12)NCc1ccccc1F. The van der Waals surface area contributed by atoms with E-state index in [9.17, 15) is 19.1 Å². The van der Waals surface area contributed by atoms with Crippen molar-refractivity contribution in [2.75, 3.05) is 0 Å². The second kappa shape index (κ2) is 10.8. The molecule has 8 heteroatoms. The third kappa shape index (κ3) is 5.83. The summed E-state index contributed by atoms with van der Waals surface area (Å²) in [6.45, 7) is 0.111. The fraction of sp³-hybridized carbons (Fsp3) is 0.0741. The van der Waals surface area contributed by atoms with Gasteiger partial charge >= 0.3 is 0 Å². The molecule has 0 aliphatic carbocycles. The minimum absolute atomic E-state index is 0.0705. The van der Waals surface area contributed by atoms with Crippen LogP contribution in [0.1, 0.15) is 27.0 Å². The van der Waals surface area contributed by atoms with Crippen LogP contribution >= 0.6 is 11.6 Å². The Hall–Kier alpha value is -4.23. The Morgan fingerprint density at radius 1 is 0.943 bits per heavy atom. The van der Waals surface area contributed by atoms with Crippen LogP contribution < -0.4 is 10.7 Å². The first kappa shape index (κ1) is 23.9. The van der Waals surface area contributed by atoms with Gasteiger partial charge in [-0.1, -0.05) is 66.2 Å². The van der Waals surface area contributed by atoms with Gasteiger partial charge in [-0.25, -0.2) is 9.82 Å². The molecule has 0 aliphatic heterocycles. The number of carbonyl (C=O) groups excluding carboxylic acids is 2. The van der Waals surface area contributed by atoms with Crippen molar-refractivity contribution in [2.45, 2.75) is 13.0 Å². The molecule has 0 spiro atoms. The summed E-state index contributed by atoms with van der Waals surface area (Å²) in [5, 5.41) is 18.1. The molecular weight excluding hydrogens is 469 g/mol. The number of fused-ring (bicyclic) bond motifs is 1. The monoisotopic (exact) mass is 489 g/mol. The van der Waals surface area contributed by atoms with E-state index < -0.39 is 5.91 Å². The molecule has 0 aromatic heterocycles. The van der Waals surface area contributed by atoms with Gasteiger partial charge in [-0.15, -0.1) is 0 Å². The summed E-state index contributed by atoms with van der Waals surface area (Å²) in [6, 6.07) is 21.6. The number of nitrogens with zero attached hydrogens (tertiary/aromatic N) is 1. The number of hydrazone groups is 1. The zero-order valence-corrected chi connectivity index (χ0v) is 19.2. The highest BCUT2D eigenvalue weighted by molar-refractivity contribution is 6.32. The number of benzene rings is 4. The third-order valence-corrected chi connectivity index (χ3v) is 5.72. The summed E-state index contributed by atoms with van der Waals surface area (Å²) < 4.78 is 13.8. The highest BCUT2D eigenvalue weighted by Crippen LogP contribution is 2.24. The zero-order valence-electron chi connectivity index (χ0n) is 18.5. The van der Waals surface area contributed by atoms with Gasteiger partial charge in [0.2, 0.25) is 5.91 Å². The topological polar surface area (TPSA) is 90.8 Å². The first-order valence-corrected chi connectivity index (χ1v) is 11.1. The Bertz CT molecular complexity index is 1440. The van der Waals surface area contributed by atoms with E-state index in [1.54, 1.807) is 18.2 Å². The lowest BCUT2D eigenvalue weighted by Gasteiger charge is -2.10. The van der Waals surface area contributed by atoms with E-state index in [1.807, 2.05) is 36.4 Å². The van der Waals surface area contributed by atoms with Crippen LogP contribution in [0.3, 0.4) is 0 Å². The number of rotatable bonds is 7. The molecule has 0 saturated carbocycles. The van der Waals surface area contributed by atoms with Gasteiger partial charge in [-0.2, -0.15) is 5.10 Å². The maximum atomic E-state index is 13.8. The van der Waals surface area contributed by atoms with Crippen LogP contribution in [0.2, 0.25) is 5.02 Å². The molecule has 176 valence electrons. The molecule has 3 N–H and O–H groups in total. The molecule has 6 nitrogen and oxygen atoms in total. The molecule has 2 amide bonds. The maximum absolute atomic E-state index is 13.8. The standard InChI is InChI=1S/C27H21ClFN3O3/c28-23-13-18(11-12-25(23)33)27(35)32-31-16-19-10-9-17(21-6-2-3-7-22(19)21)14-26(34)30-15-20-5-1-4-8-24(20)29/h1-13,16,33H,14-15H2,(H,30,34)(H,32,35)/b31-16+. The number of hydrogen-bond acceptors (Lipinski definition) is 4. The number of nitrogens with one attached hydrogen (secondary N) is 2. The van der Waals surface area contributed by atoms with Crippen LogP contribution in [-0.2, 0) is 17.8 Å². The van der Waals surface area contributed by atoms with Crippen molar-refractivity contribution in [1.29, 1.82) is 0 Å². The molecule has 0 radical (unpaired) electrons. The van der Waals surface area contributed by atoms with Crippen LogP contribution in [-0.4, -0.2) is 23.1 Å². The van der Waals surface area contributed by atoms with Gasteiger partial charge in [0, 0.05) is 23.2 Å². The minimum Gasteiger partial charge on any atom is -0.506 e. The van der Waals surface area contributed by atoms with E-state index in [4.69, 9.17) is 11.6 Å².